The number of hydrogen-bond acceptors (Lipinski definition) is 4. The molecule has 7 nitrogen and oxygen atoms in total. The van der Waals surface area contributed by atoms with Gasteiger partial charge >= 0.3 is 6.03 Å². The number of hydrogen-bond donors (Lipinski definition) is 3. The number of fused-ring (bicyclic) bond motifs is 1. The number of likely N-dealkylation sites (tertiary alicyclic amines) is 1. The maximum Gasteiger partial charge on any atom is 0.321 e. The van der Waals surface area contributed by atoms with Crippen molar-refractivity contribution < 1.29 is 4.79 Å². The van der Waals surface area contributed by atoms with Crippen LogP contribution in [0.2, 0.25) is 5.02 Å². The van der Waals surface area contributed by atoms with Gasteiger partial charge in [-0.3, -0.25) is 0 Å². The number of rotatable bonds is 2. The molecular weight excluding hydrogens is 340 g/mol. The van der Waals surface area contributed by atoms with Gasteiger partial charge in [0.15, 0.2) is 0 Å². The second-order valence-corrected chi connectivity index (χ2v) is 7.26. The fourth-order valence-corrected chi connectivity index (χ4v) is 4.05. The zero-order chi connectivity index (χ0) is 17.4. The third-order valence-corrected chi connectivity index (χ3v) is 5.31. The lowest BCUT2D eigenvalue weighted by atomic mass is 10.1. The van der Waals surface area contributed by atoms with Crippen LogP contribution in [-0.4, -0.2) is 53.1 Å². The Labute approximate surface area is 151 Å². The van der Waals surface area contributed by atoms with Crippen molar-refractivity contribution >= 4 is 40.0 Å². The number of nitrogens with two attached hydrogens (primary N) is 1. The van der Waals surface area contributed by atoms with Gasteiger partial charge in [-0.05, 0) is 25.7 Å². The van der Waals surface area contributed by atoms with Crippen LogP contribution in [0.3, 0.4) is 0 Å². The molecule has 0 aromatic carbocycles. The van der Waals surface area contributed by atoms with Crippen LogP contribution >= 0.6 is 11.6 Å². The quantitative estimate of drug-likeness (QED) is 0.766. The van der Waals surface area contributed by atoms with E-state index >= 15 is 0 Å². The summed E-state index contributed by atoms with van der Waals surface area (Å²) in [4.78, 5) is 24.1. The molecule has 2 aromatic rings. The predicted octanol–water partition coefficient (Wildman–Crippen LogP) is 2.77. The van der Waals surface area contributed by atoms with Crippen molar-refractivity contribution in [2.24, 2.45) is 5.73 Å². The zero-order valence-electron chi connectivity index (χ0n) is 14.1. The standard InChI is InChI=1S/C17H23ClN6O/c18-12-8-20-16-14(15(12)24-7-3-4-11(19)10-24)13(9-21-16)22-17(25)23-5-1-2-6-23/h8-9,11H,1-7,10,19H2,(H,20,21)(H,22,25). The molecule has 2 amide bonds. The van der Waals surface area contributed by atoms with E-state index in [4.69, 9.17) is 17.3 Å². The van der Waals surface area contributed by atoms with E-state index in [0.717, 1.165) is 74.3 Å². The monoisotopic (exact) mass is 362 g/mol. The van der Waals surface area contributed by atoms with Crippen LogP contribution < -0.4 is 16.0 Å². The van der Waals surface area contributed by atoms with E-state index in [2.05, 4.69) is 20.2 Å². The van der Waals surface area contributed by atoms with E-state index < -0.39 is 0 Å². The maximum absolute atomic E-state index is 12.5. The van der Waals surface area contributed by atoms with E-state index in [0.29, 0.717) is 5.02 Å². The molecule has 134 valence electrons. The molecule has 8 heteroatoms. The van der Waals surface area contributed by atoms with Crippen LogP contribution in [0.25, 0.3) is 11.0 Å². The topological polar surface area (TPSA) is 90.3 Å². The van der Waals surface area contributed by atoms with Gasteiger partial charge in [-0.25, -0.2) is 9.78 Å². The van der Waals surface area contributed by atoms with Crippen molar-refractivity contribution in [3.8, 4) is 0 Å². The lowest BCUT2D eigenvalue weighted by molar-refractivity contribution is 0.222. The first-order valence-electron chi connectivity index (χ1n) is 8.85. The van der Waals surface area contributed by atoms with Crippen LogP contribution in [0, 0.1) is 0 Å². The minimum absolute atomic E-state index is 0.0697. The molecule has 1 atom stereocenters. The van der Waals surface area contributed by atoms with Gasteiger partial charge in [-0.1, -0.05) is 11.6 Å². The average Bonchev–Trinajstić information content (AvgIpc) is 3.25. The first-order chi connectivity index (χ1) is 12.1. The second kappa shape index (κ2) is 6.72. The summed E-state index contributed by atoms with van der Waals surface area (Å²) in [5.41, 5.74) is 8.49. The van der Waals surface area contributed by atoms with Crippen molar-refractivity contribution in [3.63, 3.8) is 0 Å². The van der Waals surface area contributed by atoms with Gasteiger partial charge in [-0.2, -0.15) is 0 Å². The van der Waals surface area contributed by atoms with Crippen LogP contribution in [0.1, 0.15) is 25.7 Å². The Morgan fingerprint density at radius 2 is 2.12 bits per heavy atom. The molecule has 0 aliphatic carbocycles. The summed E-state index contributed by atoms with van der Waals surface area (Å²) in [5, 5.41) is 4.46. The van der Waals surface area contributed by atoms with Crippen molar-refractivity contribution in [2.45, 2.75) is 31.7 Å². The predicted molar refractivity (Wildman–Crippen MR) is 100 cm³/mol. The summed E-state index contributed by atoms with van der Waals surface area (Å²) >= 11 is 6.49. The van der Waals surface area contributed by atoms with E-state index in [1.807, 2.05) is 4.90 Å². The van der Waals surface area contributed by atoms with Crippen LogP contribution in [-0.2, 0) is 0 Å². The molecule has 4 rings (SSSR count). The first-order valence-corrected chi connectivity index (χ1v) is 9.23. The minimum Gasteiger partial charge on any atom is -0.368 e. The molecule has 0 saturated carbocycles. The van der Waals surface area contributed by atoms with Crippen molar-refractivity contribution in [3.05, 3.63) is 17.4 Å². The van der Waals surface area contributed by atoms with Gasteiger partial charge < -0.3 is 25.8 Å². The van der Waals surface area contributed by atoms with Gasteiger partial charge in [0.25, 0.3) is 0 Å². The van der Waals surface area contributed by atoms with Gasteiger partial charge in [0, 0.05) is 38.4 Å². The number of carbonyl (C=O) groups is 1. The molecule has 1 unspecified atom stereocenters. The van der Waals surface area contributed by atoms with Crippen LogP contribution in [0.4, 0.5) is 16.2 Å². The fraction of sp³-hybridized carbons (Fsp3) is 0.529. The molecule has 4 heterocycles. The summed E-state index contributed by atoms with van der Waals surface area (Å²) < 4.78 is 0. The number of halogens is 1. The Morgan fingerprint density at radius 1 is 1.32 bits per heavy atom. The number of aromatic amines is 1. The number of pyridine rings is 1. The smallest absolute Gasteiger partial charge is 0.321 e. The maximum atomic E-state index is 12.5. The molecular formula is C17H23ClN6O. The highest BCUT2D eigenvalue weighted by atomic mass is 35.5. The lowest BCUT2D eigenvalue weighted by Crippen LogP contribution is -2.43. The third kappa shape index (κ3) is 3.14. The van der Waals surface area contributed by atoms with Gasteiger partial charge in [0.2, 0.25) is 0 Å². The molecule has 2 aliphatic heterocycles. The zero-order valence-corrected chi connectivity index (χ0v) is 14.9. The minimum atomic E-state index is -0.0697. The highest BCUT2D eigenvalue weighted by Gasteiger charge is 2.25. The molecule has 2 fully saturated rings. The summed E-state index contributed by atoms with van der Waals surface area (Å²) in [5.74, 6) is 0. The van der Waals surface area contributed by atoms with Gasteiger partial charge in [0.1, 0.15) is 5.65 Å². The van der Waals surface area contributed by atoms with E-state index in [-0.39, 0.29) is 12.1 Å². The first kappa shape index (κ1) is 16.5. The number of urea groups is 1. The molecule has 25 heavy (non-hydrogen) atoms. The summed E-state index contributed by atoms with van der Waals surface area (Å²) in [6, 6.07) is 0.0642. The lowest BCUT2D eigenvalue weighted by Gasteiger charge is -2.33. The van der Waals surface area contributed by atoms with Crippen molar-refractivity contribution in [1.29, 1.82) is 0 Å². The Bertz CT molecular complexity index is 785. The molecule has 0 radical (unpaired) electrons. The van der Waals surface area contributed by atoms with E-state index in [9.17, 15) is 4.79 Å². The molecule has 2 aliphatic rings. The third-order valence-electron chi connectivity index (χ3n) is 5.04. The number of H-pyrrole nitrogens is 1. The summed E-state index contributed by atoms with van der Waals surface area (Å²) in [6.07, 6.45) is 7.61. The van der Waals surface area contributed by atoms with E-state index in [1.165, 1.54) is 0 Å². The number of nitrogens with one attached hydrogen (secondary N) is 2. The number of amides is 2. The fourth-order valence-electron chi connectivity index (χ4n) is 3.79. The molecule has 2 aromatic heterocycles. The number of anilines is 2. The second-order valence-electron chi connectivity index (χ2n) is 6.85. The molecule has 0 bridgehead atoms. The summed E-state index contributed by atoms with van der Waals surface area (Å²) in [6.45, 7) is 3.27. The Hall–Kier alpha value is -1.99. The van der Waals surface area contributed by atoms with Crippen LogP contribution in [0.15, 0.2) is 12.4 Å². The molecule has 2 saturated heterocycles. The normalized spacial score (nSPS) is 21.1. The number of piperidine rings is 1. The van der Waals surface area contributed by atoms with Gasteiger partial charge in [-0.15, -0.1) is 0 Å². The Morgan fingerprint density at radius 3 is 2.88 bits per heavy atom. The number of aromatic nitrogens is 2. The van der Waals surface area contributed by atoms with Crippen molar-refractivity contribution in [1.82, 2.24) is 14.9 Å². The van der Waals surface area contributed by atoms with Crippen LogP contribution in [0.5, 0.6) is 0 Å². The Balaban J connectivity index is 1.70. The largest absolute Gasteiger partial charge is 0.368 e. The molecule has 0 spiro atoms. The highest BCUT2D eigenvalue weighted by molar-refractivity contribution is 6.35. The van der Waals surface area contributed by atoms with Crippen molar-refractivity contribution in [2.75, 3.05) is 36.4 Å². The summed E-state index contributed by atoms with van der Waals surface area (Å²) in [7, 11) is 0. The number of nitrogens with zero attached hydrogens (tertiary/aromatic N) is 3. The van der Waals surface area contributed by atoms with E-state index in [1.54, 1.807) is 12.4 Å². The Kier molecular flexibility index (Phi) is 4.43. The average molecular weight is 363 g/mol. The SMILES string of the molecule is NC1CCCN(c2c(Cl)cnc3[nH]cc(NC(=O)N4CCCC4)c23)C1. The number of carbonyl (C=O) groups excluding carboxylic acids is 1. The molecule has 4 N–H and O–H groups in total. The highest BCUT2D eigenvalue weighted by Crippen LogP contribution is 2.38. The van der Waals surface area contributed by atoms with Gasteiger partial charge in [0.05, 0.1) is 28.0 Å².